The molecule has 1 aromatic heterocycles. The molecule has 1 aromatic carbocycles. The smallest absolute Gasteiger partial charge is 0.435 e. The number of aromatic nitrogens is 2. The molecule has 0 unspecified atom stereocenters. The first kappa shape index (κ1) is 28.3. The zero-order chi connectivity index (χ0) is 26.8. The summed E-state index contributed by atoms with van der Waals surface area (Å²) in [6, 6.07) is 4.48. The molecule has 0 saturated carbocycles. The molecule has 36 heavy (non-hydrogen) atoms. The van der Waals surface area contributed by atoms with E-state index in [0.717, 1.165) is 0 Å². The maximum atomic E-state index is 14.1. The van der Waals surface area contributed by atoms with Gasteiger partial charge in [-0.15, -0.1) is 5.10 Å². The Morgan fingerprint density at radius 1 is 1.28 bits per heavy atom. The molecule has 0 amide bonds. The molecule has 5 atom stereocenters. The van der Waals surface area contributed by atoms with Crippen LogP contribution in [0.3, 0.4) is 0 Å². The van der Waals surface area contributed by atoms with Gasteiger partial charge in [0.25, 0.3) is 0 Å². The van der Waals surface area contributed by atoms with Gasteiger partial charge >= 0.3 is 12.1 Å². The molecule has 0 spiro atoms. The van der Waals surface area contributed by atoms with Crippen molar-refractivity contribution in [1.82, 2.24) is 9.78 Å². The van der Waals surface area contributed by atoms with E-state index in [1.54, 1.807) is 30.7 Å². The Morgan fingerprint density at radius 2 is 1.97 bits per heavy atom. The molecule has 4 N–H and O–H groups in total. The van der Waals surface area contributed by atoms with Crippen molar-refractivity contribution in [2.45, 2.75) is 70.5 Å². The fourth-order valence-corrected chi connectivity index (χ4v) is 4.06. The summed E-state index contributed by atoms with van der Waals surface area (Å²) < 4.78 is 36.5. The Balaban J connectivity index is 1.92. The number of nitrogens with zero attached hydrogens (tertiary/aromatic N) is 2. The minimum Gasteiger partial charge on any atom is -0.435 e. The number of benzene rings is 1. The number of carbonyl (C=O) groups excluding carboxylic acids is 1. The Kier molecular flexibility index (Phi) is 8.96. The van der Waals surface area contributed by atoms with Crippen LogP contribution in [0.1, 0.15) is 43.6 Å². The van der Waals surface area contributed by atoms with Gasteiger partial charge in [-0.3, -0.25) is 4.68 Å². The second-order valence-electron chi connectivity index (χ2n) is 8.64. The third-order valence-electron chi connectivity index (χ3n) is 5.71. The van der Waals surface area contributed by atoms with Crippen LogP contribution in [0.25, 0.3) is 0 Å². The van der Waals surface area contributed by atoms with Crippen molar-refractivity contribution in [3.63, 3.8) is 0 Å². The Hall–Kier alpha value is -2.29. The average Bonchev–Trinajstić information content (AvgIpc) is 3.11. The van der Waals surface area contributed by atoms with Crippen molar-refractivity contribution in [3.05, 3.63) is 45.3 Å². The lowest BCUT2D eigenvalue weighted by Gasteiger charge is -2.44. The monoisotopic (exact) mass is 576 g/mol. The summed E-state index contributed by atoms with van der Waals surface area (Å²) in [5.74, 6) is -3.47. The lowest BCUT2D eigenvalue weighted by atomic mass is 9.97. The van der Waals surface area contributed by atoms with Crippen LogP contribution in [0.4, 0.5) is 9.18 Å². The van der Waals surface area contributed by atoms with Gasteiger partial charge in [0, 0.05) is 23.7 Å². The molecule has 200 valence electrons. The first-order valence-electron chi connectivity index (χ1n) is 11.3. The van der Waals surface area contributed by atoms with E-state index in [0.29, 0.717) is 21.3 Å². The van der Waals surface area contributed by atoms with Crippen LogP contribution in [-0.2, 0) is 20.6 Å². The first-order valence-corrected chi connectivity index (χ1v) is 12.1. The van der Waals surface area contributed by atoms with Crippen LogP contribution in [0.15, 0.2) is 22.7 Å². The van der Waals surface area contributed by atoms with Crippen molar-refractivity contribution in [2.75, 3.05) is 13.2 Å². The van der Waals surface area contributed by atoms with E-state index in [2.05, 4.69) is 25.8 Å². The molecular weight excluding hydrogens is 547 g/mol. The Morgan fingerprint density at radius 3 is 2.58 bits per heavy atom. The molecule has 2 aromatic rings. The molecule has 1 aliphatic rings. The lowest BCUT2D eigenvalue weighted by Crippen LogP contribution is -2.67. The van der Waals surface area contributed by atoms with Gasteiger partial charge in [0.05, 0.1) is 11.1 Å². The molecule has 0 bridgehead atoms. The molecule has 1 saturated heterocycles. The predicted molar refractivity (Wildman–Crippen MR) is 126 cm³/mol. The predicted octanol–water partition coefficient (Wildman–Crippen LogP) is 1.94. The van der Waals surface area contributed by atoms with E-state index < -0.39 is 49.0 Å². The number of aliphatic hydroxyl groups excluding tert-OH is 3. The highest BCUT2D eigenvalue weighted by Crippen LogP contribution is 2.35. The van der Waals surface area contributed by atoms with Crippen molar-refractivity contribution >= 4 is 22.1 Å². The normalized spacial score (nSPS) is 26.2. The maximum absolute atomic E-state index is 14.1. The number of aliphatic hydroxyl groups is 4. The molecule has 2 heterocycles. The van der Waals surface area contributed by atoms with E-state index in [1.807, 2.05) is 13.8 Å². The second kappa shape index (κ2) is 11.4. The van der Waals surface area contributed by atoms with E-state index in [9.17, 15) is 29.6 Å². The summed E-state index contributed by atoms with van der Waals surface area (Å²) in [4.78, 5) is 11.5. The van der Waals surface area contributed by atoms with E-state index in [-0.39, 0.29) is 24.9 Å². The standard InChI is InChI=1S/C23H30BrFN2O9/c1-5-33-22(31)34-10-17-18(28)19(29)20(30)23(32,35-17)36-21-14(12(4)27(26-21)11(2)3)8-13-6-7-15(24)16(25)9-13/h6-7,9,11,17-20,28-30,32H,5,8,10H2,1-4H3/t17-,18-,19+,20-,23+/m1/s1. The number of hydrogen-bond donors (Lipinski definition) is 4. The largest absolute Gasteiger partial charge is 0.508 e. The second-order valence-corrected chi connectivity index (χ2v) is 9.50. The Bertz CT molecular complexity index is 1080. The van der Waals surface area contributed by atoms with Gasteiger partial charge in [0.1, 0.15) is 30.7 Å². The SMILES string of the molecule is CCOC(=O)OC[C@H]1O[C@](O)(Oc2nn(C(C)C)c(C)c2Cc2ccc(Br)c(F)c2)[C@H](O)[C@@H](O)[C@@H]1O. The third-order valence-corrected chi connectivity index (χ3v) is 6.35. The lowest BCUT2D eigenvalue weighted by molar-refractivity contribution is -0.423. The quantitative estimate of drug-likeness (QED) is 0.271. The highest BCUT2D eigenvalue weighted by Gasteiger charge is 2.56. The highest BCUT2D eigenvalue weighted by atomic mass is 79.9. The molecular formula is C23H30BrFN2O9. The van der Waals surface area contributed by atoms with Crippen LogP contribution in [0.5, 0.6) is 5.88 Å². The molecule has 1 aliphatic heterocycles. The molecule has 0 radical (unpaired) electrons. The fourth-order valence-electron chi connectivity index (χ4n) is 3.81. The van der Waals surface area contributed by atoms with Gasteiger partial charge in [-0.2, -0.15) is 0 Å². The van der Waals surface area contributed by atoms with Crippen molar-refractivity contribution in [2.24, 2.45) is 0 Å². The number of rotatable bonds is 8. The van der Waals surface area contributed by atoms with Crippen molar-refractivity contribution in [3.8, 4) is 5.88 Å². The number of ether oxygens (including phenoxy) is 4. The summed E-state index contributed by atoms with van der Waals surface area (Å²) in [5, 5.41) is 46.6. The van der Waals surface area contributed by atoms with Crippen LogP contribution in [0, 0.1) is 12.7 Å². The molecule has 3 rings (SSSR count). The van der Waals surface area contributed by atoms with Crippen LogP contribution >= 0.6 is 15.9 Å². The van der Waals surface area contributed by atoms with Gasteiger partial charge in [-0.1, -0.05) is 6.07 Å². The van der Waals surface area contributed by atoms with Crippen LogP contribution < -0.4 is 4.74 Å². The molecule has 13 heteroatoms. The Labute approximate surface area is 215 Å². The average molecular weight is 577 g/mol. The van der Waals surface area contributed by atoms with Gasteiger partial charge in [0.2, 0.25) is 5.88 Å². The number of hydrogen-bond acceptors (Lipinski definition) is 10. The zero-order valence-corrected chi connectivity index (χ0v) is 21.8. The van der Waals surface area contributed by atoms with Gasteiger partial charge in [-0.05, 0) is 61.3 Å². The number of carbonyl (C=O) groups is 1. The third kappa shape index (κ3) is 5.98. The summed E-state index contributed by atoms with van der Waals surface area (Å²) in [7, 11) is 0. The maximum Gasteiger partial charge on any atom is 0.508 e. The minimum atomic E-state index is -2.87. The van der Waals surface area contributed by atoms with E-state index >= 15 is 0 Å². The molecule has 11 nitrogen and oxygen atoms in total. The summed E-state index contributed by atoms with van der Waals surface area (Å²) in [6.07, 6.45) is -8.13. The zero-order valence-electron chi connectivity index (χ0n) is 20.2. The fraction of sp³-hybridized carbons (Fsp3) is 0.565. The topological polar surface area (TPSA) is 153 Å². The van der Waals surface area contributed by atoms with Crippen LogP contribution in [-0.4, -0.2) is 80.0 Å². The number of halogens is 2. The highest BCUT2D eigenvalue weighted by molar-refractivity contribution is 9.10. The molecule has 1 fully saturated rings. The van der Waals surface area contributed by atoms with Crippen molar-refractivity contribution in [1.29, 1.82) is 0 Å². The van der Waals surface area contributed by atoms with Crippen LogP contribution in [0.2, 0.25) is 0 Å². The summed E-state index contributed by atoms with van der Waals surface area (Å²) in [5.41, 5.74) is 1.70. The van der Waals surface area contributed by atoms with Crippen molar-refractivity contribution < 1.29 is 48.6 Å². The van der Waals surface area contributed by atoms with Gasteiger partial charge in [-0.25, -0.2) is 9.18 Å². The summed E-state index contributed by atoms with van der Waals surface area (Å²) >= 11 is 3.12. The summed E-state index contributed by atoms with van der Waals surface area (Å²) in [6.45, 7) is 6.51. The first-order chi connectivity index (χ1) is 16.9. The van der Waals surface area contributed by atoms with Gasteiger partial charge < -0.3 is 39.4 Å². The molecule has 0 aliphatic carbocycles. The van der Waals surface area contributed by atoms with E-state index in [1.165, 1.54) is 6.07 Å². The minimum absolute atomic E-state index is 0.0458. The van der Waals surface area contributed by atoms with Gasteiger partial charge in [0.15, 0.2) is 6.10 Å². The van der Waals surface area contributed by atoms with E-state index in [4.69, 9.17) is 14.2 Å².